The van der Waals surface area contributed by atoms with Gasteiger partial charge in [-0.05, 0) is 19.8 Å². The average Bonchev–Trinajstić information content (AvgIpc) is 2.50. The Labute approximate surface area is 82.4 Å². The van der Waals surface area contributed by atoms with E-state index in [2.05, 4.69) is 15.9 Å². The molecule has 0 radical (unpaired) electrons. The number of halogens is 1. The first kappa shape index (κ1) is 10.0. The van der Waals surface area contributed by atoms with Crippen LogP contribution in [0, 0.1) is 0 Å². The second-order valence-corrected chi connectivity index (χ2v) is 5.01. The lowest BCUT2D eigenvalue weighted by Gasteiger charge is -2.26. The Kier molecular flexibility index (Phi) is 3.16. The van der Waals surface area contributed by atoms with Gasteiger partial charge in [-0.15, -0.1) is 0 Å². The van der Waals surface area contributed by atoms with Crippen LogP contribution >= 0.6 is 15.9 Å². The number of hydrogen-bond acceptors (Lipinski definition) is 1. The van der Waals surface area contributed by atoms with Gasteiger partial charge >= 0.3 is 0 Å². The molecule has 1 amide bonds. The highest BCUT2D eigenvalue weighted by molar-refractivity contribution is 9.10. The molecule has 1 aliphatic carbocycles. The lowest BCUT2D eigenvalue weighted by molar-refractivity contribution is -0.131. The van der Waals surface area contributed by atoms with Crippen LogP contribution in [0.2, 0.25) is 0 Å². The fourth-order valence-corrected chi connectivity index (χ4v) is 2.50. The summed E-state index contributed by atoms with van der Waals surface area (Å²) < 4.78 is -0.224. The normalized spacial score (nSPS) is 20.9. The van der Waals surface area contributed by atoms with Gasteiger partial charge in [0.1, 0.15) is 4.32 Å². The summed E-state index contributed by atoms with van der Waals surface area (Å²) in [5.74, 6) is 0.252. The van der Waals surface area contributed by atoms with Crippen molar-refractivity contribution in [1.29, 1.82) is 0 Å². The minimum Gasteiger partial charge on any atom is -0.345 e. The minimum absolute atomic E-state index is 0.224. The van der Waals surface area contributed by atoms with E-state index in [0.717, 1.165) is 19.4 Å². The Morgan fingerprint density at radius 2 is 2.00 bits per heavy atom. The zero-order chi connectivity index (χ0) is 9.19. The molecule has 0 aromatic carbocycles. The summed E-state index contributed by atoms with van der Waals surface area (Å²) in [6.45, 7) is 2.80. The third-order valence-electron chi connectivity index (χ3n) is 2.60. The SMILES string of the molecule is CCN(C)C(=O)C1(Br)CCCC1. The van der Waals surface area contributed by atoms with Gasteiger partial charge in [0.25, 0.3) is 0 Å². The van der Waals surface area contributed by atoms with E-state index in [1.54, 1.807) is 4.90 Å². The van der Waals surface area contributed by atoms with Crippen molar-refractivity contribution in [1.82, 2.24) is 4.90 Å². The molecule has 3 heteroatoms. The van der Waals surface area contributed by atoms with Crippen molar-refractivity contribution in [2.45, 2.75) is 36.9 Å². The third-order valence-corrected chi connectivity index (χ3v) is 3.73. The van der Waals surface area contributed by atoms with Crippen molar-refractivity contribution in [2.75, 3.05) is 13.6 Å². The van der Waals surface area contributed by atoms with Crippen LogP contribution in [0.15, 0.2) is 0 Å². The Hall–Kier alpha value is -0.0500. The van der Waals surface area contributed by atoms with E-state index in [1.807, 2.05) is 14.0 Å². The number of nitrogens with zero attached hydrogens (tertiary/aromatic N) is 1. The first-order valence-electron chi connectivity index (χ1n) is 4.54. The van der Waals surface area contributed by atoms with Crippen molar-refractivity contribution in [3.63, 3.8) is 0 Å². The van der Waals surface area contributed by atoms with E-state index in [0.29, 0.717) is 0 Å². The second-order valence-electron chi connectivity index (χ2n) is 3.49. The predicted octanol–water partition coefficient (Wildman–Crippen LogP) is 2.17. The molecule has 2 nitrogen and oxygen atoms in total. The average molecular weight is 234 g/mol. The van der Waals surface area contributed by atoms with Crippen LogP contribution in [0.4, 0.5) is 0 Å². The molecular weight excluding hydrogens is 218 g/mol. The van der Waals surface area contributed by atoms with Gasteiger partial charge in [0, 0.05) is 13.6 Å². The molecule has 70 valence electrons. The fraction of sp³-hybridized carbons (Fsp3) is 0.889. The molecule has 0 aliphatic heterocycles. The zero-order valence-electron chi connectivity index (χ0n) is 7.77. The van der Waals surface area contributed by atoms with Crippen LogP contribution in [0.3, 0.4) is 0 Å². The summed E-state index contributed by atoms with van der Waals surface area (Å²) in [5.41, 5.74) is 0. The first-order valence-corrected chi connectivity index (χ1v) is 5.34. The molecule has 0 unspecified atom stereocenters. The maximum atomic E-state index is 11.8. The third kappa shape index (κ3) is 1.82. The number of carbonyl (C=O) groups excluding carboxylic acids is 1. The van der Waals surface area contributed by atoms with Crippen LogP contribution in [0.5, 0.6) is 0 Å². The molecule has 0 bridgehead atoms. The predicted molar refractivity (Wildman–Crippen MR) is 53.4 cm³/mol. The molecule has 0 aromatic heterocycles. The van der Waals surface area contributed by atoms with Gasteiger partial charge in [0.2, 0.25) is 5.91 Å². The van der Waals surface area contributed by atoms with Gasteiger partial charge in [-0.2, -0.15) is 0 Å². The molecule has 12 heavy (non-hydrogen) atoms. The molecule has 0 atom stereocenters. The van der Waals surface area contributed by atoms with E-state index in [1.165, 1.54) is 12.8 Å². The lowest BCUT2D eigenvalue weighted by Crippen LogP contribution is -2.41. The standard InChI is InChI=1S/C9H16BrNO/c1-3-11(2)8(12)9(10)6-4-5-7-9/h3-7H2,1-2H3. The molecule has 0 saturated heterocycles. The lowest BCUT2D eigenvalue weighted by atomic mass is 10.1. The van der Waals surface area contributed by atoms with Crippen molar-refractivity contribution in [3.05, 3.63) is 0 Å². The van der Waals surface area contributed by atoms with Gasteiger partial charge < -0.3 is 4.90 Å². The van der Waals surface area contributed by atoms with E-state index in [-0.39, 0.29) is 10.2 Å². The highest BCUT2D eigenvalue weighted by Crippen LogP contribution is 2.38. The maximum Gasteiger partial charge on any atom is 0.239 e. The number of hydrogen-bond donors (Lipinski definition) is 0. The topological polar surface area (TPSA) is 20.3 Å². The summed E-state index contributed by atoms with van der Waals surface area (Å²) in [4.78, 5) is 13.6. The number of rotatable bonds is 2. The highest BCUT2D eigenvalue weighted by Gasteiger charge is 2.39. The van der Waals surface area contributed by atoms with Crippen molar-refractivity contribution < 1.29 is 4.79 Å². The first-order chi connectivity index (χ1) is 5.60. The molecule has 0 aromatic rings. The van der Waals surface area contributed by atoms with E-state index >= 15 is 0 Å². The van der Waals surface area contributed by atoms with Gasteiger partial charge in [-0.1, -0.05) is 28.8 Å². The molecule has 0 heterocycles. The van der Waals surface area contributed by atoms with Crippen LogP contribution in [-0.2, 0) is 4.79 Å². The van der Waals surface area contributed by atoms with Crippen LogP contribution in [0.1, 0.15) is 32.6 Å². The second kappa shape index (κ2) is 3.77. The number of carbonyl (C=O) groups is 1. The minimum atomic E-state index is -0.224. The quantitative estimate of drug-likeness (QED) is 0.670. The van der Waals surface area contributed by atoms with Gasteiger partial charge in [-0.3, -0.25) is 4.79 Å². The Morgan fingerprint density at radius 3 is 2.42 bits per heavy atom. The van der Waals surface area contributed by atoms with Crippen molar-refractivity contribution in [2.24, 2.45) is 0 Å². The molecule has 1 rings (SSSR count). The molecule has 1 aliphatic rings. The molecule has 0 N–H and O–H groups in total. The summed E-state index contributed by atoms with van der Waals surface area (Å²) in [7, 11) is 1.86. The summed E-state index contributed by atoms with van der Waals surface area (Å²) in [5, 5.41) is 0. The van der Waals surface area contributed by atoms with E-state index in [4.69, 9.17) is 0 Å². The molecular formula is C9H16BrNO. The Balaban J connectivity index is 2.61. The largest absolute Gasteiger partial charge is 0.345 e. The van der Waals surface area contributed by atoms with Gasteiger partial charge in [0.05, 0.1) is 0 Å². The van der Waals surface area contributed by atoms with Crippen molar-refractivity contribution in [3.8, 4) is 0 Å². The van der Waals surface area contributed by atoms with Gasteiger partial charge in [0.15, 0.2) is 0 Å². The summed E-state index contributed by atoms with van der Waals surface area (Å²) in [6, 6.07) is 0. The van der Waals surface area contributed by atoms with E-state index in [9.17, 15) is 4.79 Å². The van der Waals surface area contributed by atoms with Crippen LogP contribution in [0.25, 0.3) is 0 Å². The molecule has 1 fully saturated rings. The molecule has 0 spiro atoms. The monoisotopic (exact) mass is 233 g/mol. The fourth-order valence-electron chi connectivity index (χ4n) is 1.63. The van der Waals surface area contributed by atoms with Crippen LogP contribution in [-0.4, -0.2) is 28.7 Å². The molecule has 1 saturated carbocycles. The van der Waals surface area contributed by atoms with Crippen molar-refractivity contribution >= 4 is 21.8 Å². The van der Waals surface area contributed by atoms with E-state index < -0.39 is 0 Å². The summed E-state index contributed by atoms with van der Waals surface area (Å²) in [6.07, 6.45) is 4.34. The zero-order valence-corrected chi connectivity index (χ0v) is 9.35. The number of alkyl halides is 1. The van der Waals surface area contributed by atoms with Crippen LogP contribution < -0.4 is 0 Å². The number of amides is 1. The Morgan fingerprint density at radius 1 is 1.50 bits per heavy atom. The Bertz CT molecular complexity index is 175. The smallest absolute Gasteiger partial charge is 0.239 e. The maximum absolute atomic E-state index is 11.8. The highest BCUT2D eigenvalue weighted by atomic mass is 79.9. The van der Waals surface area contributed by atoms with Gasteiger partial charge in [-0.25, -0.2) is 0 Å². The summed E-state index contributed by atoms with van der Waals surface area (Å²) >= 11 is 3.56.